The summed E-state index contributed by atoms with van der Waals surface area (Å²) in [6.45, 7) is 7.44. The van der Waals surface area contributed by atoms with Crippen molar-refractivity contribution in [3.8, 4) is 5.75 Å². The predicted octanol–water partition coefficient (Wildman–Crippen LogP) is 3.29. The first-order valence-corrected chi connectivity index (χ1v) is 12.0. The number of methoxy groups -OCH3 is 1. The molecule has 10 heteroatoms. The molecule has 0 saturated carbocycles. The summed E-state index contributed by atoms with van der Waals surface area (Å²) in [6.07, 6.45) is 0.0286. The van der Waals surface area contributed by atoms with Gasteiger partial charge < -0.3 is 9.47 Å². The Morgan fingerprint density at radius 3 is 2.37 bits per heavy atom. The van der Waals surface area contributed by atoms with E-state index < -0.39 is 23.3 Å². The highest BCUT2D eigenvalue weighted by Gasteiger charge is 2.18. The molecule has 2 aromatic carbocycles. The van der Waals surface area contributed by atoms with Gasteiger partial charge in [-0.3, -0.25) is 14.3 Å². The van der Waals surface area contributed by atoms with Crippen LogP contribution in [0.5, 0.6) is 5.75 Å². The third-order valence-electron chi connectivity index (χ3n) is 5.25. The fourth-order valence-corrected chi connectivity index (χ4v) is 3.74. The third kappa shape index (κ3) is 6.60. The molecule has 3 aromatic rings. The zero-order valence-corrected chi connectivity index (χ0v) is 22.0. The fourth-order valence-electron chi connectivity index (χ4n) is 3.48. The molecule has 0 bridgehead atoms. The first kappa shape index (κ1) is 26.2. The van der Waals surface area contributed by atoms with Gasteiger partial charge in [-0.2, -0.15) is 0 Å². The Bertz CT molecular complexity index is 1390. The number of carbonyl (C=O) groups is 1. The van der Waals surface area contributed by atoms with Gasteiger partial charge >= 0.3 is 17.3 Å². The maximum Gasteiger partial charge on any atom is 0.335 e. The number of benzene rings is 2. The molecule has 0 fully saturated rings. The predicted molar refractivity (Wildman–Crippen MR) is 136 cm³/mol. The molecule has 35 heavy (non-hydrogen) atoms. The first-order valence-electron chi connectivity index (χ1n) is 11.2. The molecule has 1 atom stereocenters. The summed E-state index contributed by atoms with van der Waals surface area (Å²) >= 11 is 3.41. The largest absolute Gasteiger partial charge is 0.491 e. The molecule has 0 radical (unpaired) electrons. The van der Waals surface area contributed by atoms with Crippen LogP contribution in [-0.4, -0.2) is 33.3 Å². The zero-order chi connectivity index (χ0) is 25.7. The molecule has 1 unspecified atom stereocenters. The van der Waals surface area contributed by atoms with E-state index in [4.69, 9.17) is 9.47 Å². The molecule has 0 spiro atoms. The van der Waals surface area contributed by atoms with Crippen molar-refractivity contribution in [2.45, 2.75) is 46.9 Å². The number of halogens is 1. The van der Waals surface area contributed by atoms with Crippen LogP contribution in [0, 0.1) is 12.8 Å². The number of H-pyrrole nitrogens is 1. The lowest BCUT2D eigenvalue weighted by molar-refractivity contribution is -0.145. The van der Waals surface area contributed by atoms with Gasteiger partial charge in [-0.1, -0.05) is 35.0 Å². The second-order valence-electron chi connectivity index (χ2n) is 8.51. The van der Waals surface area contributed by atoms with Gasteiger partial charge in [-0.25, -0.2) is 19.1 Å². The first-order chi connectivity index (χ1) is 16.6. The Morgan fingerprint density at radius 2 is 1.77 bits per heavy atom. The quantitative estimate of drug-likeness (QED) is 0.438. The van der Waals surface area contributed by atoms with Crippen LogP contribution in [-0.2, 0) is 22.6 Å². The lowest BCUT2D eigenvalue weighted by Gasteiger charge is -2.14. The average molecular weight is 545 g/mol. The molecule has 3 rings (SSSR count). The number of carbonyl (C=O) groups excluding carboxylic acids is 1. The van der Waals surface area contributed by atoms with Crippen molar-refractivity contribution in [1.82, 2.24) is 14.1 Å². The van der Waals surface area contributed by atoms with Crippen molar-refractivity contribution >= 4 is 27.6 Å². The molecule has 186 valence electrons. The minimum Gasteiger partial charge on any atom is -0.491 e. The van der Waals surface area contributed by atoms with Gasteiger partial charge in [0, 0.05) is 11.0 Å². The minimum atomic E-state index is -0.682. The Balaban J connectivity index is 2.15. The summed E-state index contributed by atoms with van der Waals surface area (Å²) in [6, 6.07) is 12.9. The fraction of sp³-hybridized carbons (Fsp3) is 0.360. The number of hydrogen-bond acceptors (Lipinski definition) is 6. The molecule has 0 aliphatic carbocycles. The monoisotopic (exact) mass is 544 g/mol. The third-order valence-corrected chi connectivity index (χ3v) is 5.78. The number of rotatable bonds is 8. The second-order valence-corrected chi connectivity index (χ2v) is 9.43. The minimum absolute atomic E-state index is 0.0286. The van der Waals surface area contributed by atoms with E-state index in [0.29, 0.717) is 5.69 Å². The maximum absolute atomic E-state index is 13.4. The highest BCUT2D eigenvalue weighted by atomic mass is 79.9. The molecule has 1 heterocycles. The molecule has 9 nitrogen and oxygen atoms in total. The topological polar surface area (TPSA) is 108 Å². The van der Waals surface area contributed by atoms with Gasteiger partial charge in [-0.05, 0) is 62.2 Å². The van der Waals surface area contributed by atoms with Crippen molar-refractivity contribution in [3.05, 3.63) is 84.7 Å². The SMILES string of the molecule is COC(=O)C(C)Cn1c(=O)[nH]c(=Nc2ccc(OC(C)C)c(C)c2)n(Cc2ccc(Br)cc2)c1=O. The number of esters is 1. The summed E-state index contributed by atoms with van der Waals surface area (Å²) in [5, 5.41) is 0. The number of ether oxygens (including phenoxy) is 2. The van der Waals surface area contributed by atoms with Crippen molar-refractivity contribution in [1.29, 1.82) is 0 Å². The van der Waals surface area contributed by atoms with Crippen LogP contribution in [0.1, 0.15) is 31.9 Å². The lowest BCUT2D eigenvalue weighted by atomic mass is 10.2. The molecular weight excluding hydrogens is 516 g/mol. The highest BCUT2D eigenvalue weighted by molar-refractivity contribution is 9.10. The van der Waals surface area contributed by atoms with Crippen LogP contribution >= 0.6 is 15.9 Å². The smallest absolute Gasteiger partial charge is 0.335 e. The Kier molecular flexibility index (Phi) is 8.50. The van der Waals surface area contributed by atoms with Crippen molar-refractivity contribution in [2.75, 3.05) is 7.11 Å². The van der Waals surface area contributed by atoms with Crippen LogP contribution in [0.3, 0.4) is 0 Å². The molecule has 0 amide bonds. The van der Waals surface area contributed by atoms with Gasteiger partial charge in [0.15, 0.2) is 0 Å². The number of nitrogens with zero attached hydrogens (tertiary/aromatic N) is 3. The molecule has 1 N–H and O–H groups in total. The normalized spacial score (nSPS) is 12.6. The standard InChI is InChI=1S/C25H29BrN4O5/c1-15(2)35-21-11-10-20(12-16(21)3)27-23-28-24(32)30(13-17(4)22(31)34-5)25(33)29(23)14-18-6-8-19(26)9-7-18/h6-12,15,17H,13-14H2,1-5H3,(H,27,28,32). The van der Waals surface area contributed by atoms with E-state index >= 15 is 0 Å². The Hall–Kier alpha value is -3.40. The van der Waals surface area contributed by atoms with Gasteiger partial charge in [0.1, 0.15) is 5.75 Å². The summed E-state index contributed by atoms with van der Waals surface area (Å²) in [4.78, 5) is 45.4. The van der Waals surface area contributed by atoms with Gasteiger partial charge in [0.25, 0.3) is 0 Å². The van der Waals surface area contributed by atoms with Gasteiger partial charge in [-0.15, -0.1) is 0 Å². The van der Waals surface area contributed by atoms with Gasteiger partial charge in [0.05, 0.1) is 31.4 Å². The molecule has 0 saturated heterocycles. The Labute approximate surface area is 211 Å². The number of aromatic nitrogens is 3. The van der Waals surface area contributed by atoms with E-state index in [-0.39, 0.29) is 24.8 Å². The van der Waals surface area contributed by atoms with E-state index in [2.05, 4.69) is 25.9 Å². The van der Waals surface area contributed by atoms with Gasteiger partial charge in [0.2, 0.25) is 5.62 Å². The molecule has 1 aromatic heterocycles. The molecule has 0 aliphatic heterocycles. The second kappa shape index (κ2) is 11.4. The van der Waals surface area contributed by atoms with E-state index in [1.807, 2.05) is 57.2 Å². The number of aromatic amines is 1. The van der Waals surface area contributed by atoms with E-state index in [1.165, 1.54) is 11.7 Å². The van der Waals surface area contributed by atoms with Crippen LogP contribution < -0.4 is 21.7 Å². The van der Waals surface area contributed by atoms with E-state index in [0.717, 1.165) is 25.9 Å². The summed E-state index contributed by atoms with van der Waals surface area (Å²) in [5.41, 5.74) is 1.13. The molecule has 0 aliphatic rings. The summed E-state index contributed by atoms with van der Waals surface area (Å²) < 4.78 is 13.8. The van der Waals surface area contributed by atoms with E-state index in [1.54, 1.807) is 13.0 Å². The van der Waals surface area contributed by atoms with E-state index in [9.17, 15) is 14.4 Å². The van der Waals surface area contributed by atoms with Crippen molar-refractivity contribution in [2.24, 2.45) is 10.9 Å². The van der Waals surface area contributed by atoms with Crippen LogP contribution in [0.25, 0.3) is 0 Å². The van der Waals surface area contributed by atoms with Crippen LogP contribution in [0.2, 0.25) is 0 Å². The number of hydrogen-bond donors (Lipinski definition) is 1. The maximum atomic E-state index is 13.4. The zero-order valence-electron chi connectivity index (χ0n) is 20.4. The van der Waals surface area contributed by atoms with Crippen LogP contribution in [0.15, 0.2) is 61.5 Å². The highest BCUT2D eigenvalue weighted by Crippen LogP contribution is 2.24. The number of aryl methyl sites for hydroxylation is 1. The van der Waals surface area contributed by atoms with Crippen molar-refractivity contribution < 1.29 is 14.3 Å². The van der Waals surface area contributed by atoms with Crippen LogP contribution in [0.4, 0.5) is 5.69 Å². The summed E-state index contributed by atoms with van der Waals surface area (Å²) in [5.74, 6) is -0.454. The average Bonchev–Trinajstić information content (AvgIpc) is 2.81. The number of nitrogens with one attached hydrogen (secondary N) is 1. The molecular formula is C25H29BrN4O5. The lowest BCUT2D eigenvalue weighted by Crippen LogP contribution is -2.51. The van der Waals surface area contributed by atoms with Crippen molar-refractivity contribution in [3.63, 3.8) is 0 Å². The Morgan fingerprint density at radius 1 is 1.09 bits per heavy atom. The summed E-state index contributed by atoms with van der Waals surface area (Å²) in [7, 11) is 1.26.